The van der Waals surface area contributed by atoms with Gasteiger partial charge in [-0.2, -0.15) is 0 Å². The number of hydrogen-bond acceptors (Lipinski definition) is 3. The van der Waals surface area contributed by atoms with Gasteiger partial charge >= 0.3 is 119 Å². The van der Waals surface area contributed by atoms with Crippen molar-refractivity contribution >= 4 is 76.4 Å². The number of hydrogen-bond donors (Lipinski definition) is 3. The first-order valence-electron chi connectivity index (χ1n) is 5.22. The van der Waals surface area contributed by atoms with Crippen LogP contribution in [0.25, 0.3) is 10.1 Å². The maximum Gasteiger partial charge on any atom is 0.335 e. The number of carbonyl (C=O) groups excluding carboxylic acids is 1. The largest absolute Gasteiger partial charge is 0.350 e. The zero-order valence-electron chi connectivity index (χ0n) is 9.81. The Kier molecular flexibility index (Phi) is 6.64. The zero-order valence-corrected chi connectivity index (χ0v) is 13.7. The Labute approximate surface area is 138 Å². The minimum Gasteiger partial charge on any atom is -0.350 e. The van der Waals surface area contributed by atoms with Crippen LogP contribution in [0.1, 0.15) is 11.8 Å². The van der Waals surface area contributed by atoms with Gasteiger partial charge in [0.2, 0.25) is 0 Å². The Balaban J connectivity index is 0.000000249. The molecule has 0 aliphatic rings. The third-order valence-corrected chi connectivity index (χ3v) is 5.17. The standard InChI is InChI=1S/C10H9S.CH4N2O2.K/c1-2-9-7-8-5-3-4-6-10(8)11-9;2-1(4)3-5;/h2-7H,1H3;5H,(H3,2,3,4);. The van der Waals surface area contributed by atoms with E-state index >= 15 is 0 Å². The van der Waals surface area contributed by atoms with Crippen LogP contribution in [0.3, 0.4) is 0 Å². The minimum atomic E-state index is -0.940. The summed E-state index contributed by atoms with van der Waals surface area (Å²) in [6.45, 7) is 2.32. The number of rotatable bonds is 1. The molecule has 0 fully saturated rings. The number of nitrogens with two attached hydrogens (primary N) is 1. The molecule has 4 N–H and O–H groups in total. The third-order valence-electron chi connectivity index (χ3n) is 2.12. The number of thiophene rings is 1. The Morgan fingerprint density at radius 2 is 2.12 bits per heavy atom. The van der Waals surface area contributed by atoms with Crippen LogP contribution in [-0.4, -0.2) is 60.2 Å². The summed E-state index contributed by atoms with van der Waals surface area (Å²) < 4.78 is 2.28. The molecule has 0 aliphatic carbocycles. The first kappa shape index (κ1) is 15.1. The Hall–Kier alpha value is 0.0464. The maximum absolute atomic E-state index is 9.23. The van der Waals surface area contributed by atoms with Crippen molar-refractivity contribution in [3.05, 3.63) is 35.2 Å². The van der Waals surface area contributed by atoms with Gasteiger partial charge in [-0.05, 0) is 0 Å². The van der Waals surface area contributed by atoms with Gasteiger partial charge in [-0.3, -0.25) is 5.21 Å². The van der Waals surface area contributed by atoms with E-state index < -0.39 is 6.03 Å². The van der Waals surface area contributed by atoms with E-state index in [2.05, 4.69) is 43.0 Å². The topological polar surface area (TPSA) is 75.4 Å². The van der Waals surface area contributed by atoms with Gasteiger partial charge in [0.1, 0.15) is 0 Å². The summed E-state index contributed by atoms with van der Waals surface area (Å²) in [5, 5.41) is 8.83. The molecule has 1 aromatic heterocycles. The van der Waals surface area contributed by atoms with Crippen molar-refractivity contribution in [3.8, 4) is 0 Å². The molecule has 0 aliphatic heterocycles. The fourth-order valence-electron chi connectivity index (χ4n) is 1.29. The third kappa shape index (κ3) is 5.05. The Bertz CT molecular complexity index is 466. The quantitative estimate of drug-likeness (QED) is 0.424. The minimum absolute atomic E-state index is 0.842. The van der Waals surface area contributed by atoms with E-state index in [-0.39, 0.29) is 0 Å². The first-order chi connectivity index (χ1) is 8.04. The Morgan fingerprint density at radius 1 is 1.53 bits per heavy atom. The SMILES string of the molecule is C[CH]([K])c1cc2ccccc2s1.NC(=O)NO. The van der Waals surface area contributed by atoms with Crippen molar-refractivity contribution in [1.82, 2.24) is 5.48 Å². The van der Waals surface area contributed by atoms with Crippen molar-refractivity contribution in [2.45, 2.75) is 6.94 Å². The number of amides is 2. The second-order valence-electron chi connectivity index (χ2n) is 3.82. The summed E-state index contributed by atoms with van der Waals surface area (Å²) in [4.78, 5) is 10.8. The first-order valence-corrected chi connectivity index (χ1v) is 7.84. The molecule has 1 atom stereocenters. The number of benzene rings is 1. The van der Waals surface area contributed by atoms with Crippen molar-refractivity contribution in [1.29, 1.82) is 0 Å². The molecular weight excluding hydrogens is 263 g/mol. The maximum atomic E-state index is 9.23. The number of hydroxylamine groups is 1. The van der Waals surface area contributed by atoms with E-state index in [0.717, 1.165) is 49.0 Å². The van der Waals surface area contributed by atoms with E-state index in [1.165, 1.54) is 15.6 Å². The molecule has 2 rings (SSSR count). The van der Waals surface area contributed by atoms with Gasteiger partial charge in [-0.25, -0.2) is 10.3 Å². The average Bonchev–Trinajstić information content (AvgIpc) is 2.73. The monoisotopic (exact) mass is 276 g/mol. The van der Waals surface area contributed by atoms with Crippen molar-refractivity contribution in [2.24, 2.45) is 5.73 Å². The predicted molar refractivity (Wildman–Crippen MR) is 70.5 cm³/mol. The molecule has 0 bridgehead atoms. The number of urea groups is 1. The van der Waals surface area contributed by atoms with Crippen LogP contribution in [0, 0.1) is 0 Å². The van der Waals surface area contributed by atoms with E-state index in [1.54, 1.807) is 4.88 Å². The van der Waals surface area contributed by atoms with Gasteiger partial charge in [0.25, 0.3) is 0 Å². The van der Waals surface area contributed by atoms with Crippen molar-refractivity contribution in [3.63, 3.8) is 0 Å². The predicted octanol–water partition coefficient (Wildman–Crippen LogP) is 2.17. The summed E-state index contributed by atoms with van der Waals surface area (Å²) in [5.41, 5.74) is 5.46. The van der Waals surface area contributed by atoms with Gasteiger partial charge in [-0.1, -0.05) is 0 Å². The summed E-state index contributed by atoms with van der Waals surface area (Å²) in [5.74, 6) is 0. The zero-order chi connectivity index (χ0) is 12.8. The molecule has 0 radical (unpaired) electrons. The molecule has 2 aromatic rings. The van der Waals surface area contributed by atoms with Crippen LogP contribution >= 0.6 is 11.3 Å². The fraction of sp³-hybridized carbons (Fsp3) is 0.182. The molecule has 0 spiro atoms. The van der Waals surface area contributed by atoms with Crippen molar-refractivity contribution in [2.75, 3.05) is 0 Å². The molecule has 1 unspecified atom stereocenters. The van der Waals surface area contributed by atoms with Gasteiger partial charge < -0.3 is 5.73 Å². The van der Waals surface area contributed by atoms with Crippen LogP contribution in [0.15, 0.2) is 30.3 Å². The Morgan fingerprint density at radius 3 is 2.59 bits per heavy atom. The van der Waals surface area contributed by atoms with E-state index in [0.29, 0.717) is 0 Å². The second-order valence-corrected chi connectivity index (χ2v) is 7.64. The molecule has 0 saturated heterocycles. The van der Waals surface area contributed by atoms with Crippen LogP contribution in [-0.2, 0) is 0 Å². The van der Waals surface area contributed by atoms with Crippen LogP contribution in [0.5, 0.6) is 0 Å². The summed E-state index contributed by atoms with van der Waals surface area (Å²) in [6.07, 6.45) is 0. The molecule has 6 heteroatoms. The van der Waals surface area contributed by atoms with Crippen LogP contribution in [0.2, 0.25) is 0 Å². The second kappa shape index (κ2) is 7.47. The summed E-state index contributed by atoms with van der Waals surface area (Å²) >= 11 is 2.86. The van der Waals surface area contributed by atoms with Crippen molar-refractivity contribution < 1.29 is 10.0 Å². The molecule has 2 amide bonds. The van der Waals surface area contributed by atoms with Crippen LogP contribution < -0.4 is 11.2 Å². The number of primary amides is 1. The molecule has 1 aromatic carbocycles. The normalized spacial score (nSPS) is 11.5. The van der Waals surface area contributed by atoms with E-state index in [1.807, 2.05) is 11.3 Å². The van der Waals surface area contributed by atoms with E-state index in [9.17, 15) is 4.79 Å². The summed E-state index contributed by atoms with van der Waals surface area (Å²) in [7, 11) is 0. The number of nitrogens with one attached hydrogen (secondary N) is 1. The van der Waals surface area contributed by atoms with Gasteiger partial charge in [0, 0.05) is 0 Å². The molecular formula is C11H13KN2O2S. The molecule has 86 valence electrons. The van der Waals surface area contributed by atoms with Gasteiger partial charge in [-0.15, -0.1) is 0 Å². The van der Waals surface area contributed by atoms with Gasteiger partial charge in [0.15, 0.2) is 0 Å². The van der Waals surface area contributed by atoms with E-state index in [4.69, 9.17) is 5.21 Å². The number of carbonyl (C=O) groups is 1. The fourth-order valence-corrected chi connectivity index (χ4v) is 3.17. The molecule has 1 heterocycles. The average molecular weight is 276 g/mol. The molecule has 17 heavy (non-hydrogen) atoms. The van der Waals surface area contributed by atoms with Crippen LogP contribution in [0.4, 0.5) is 4.79 Å². The molecule has 0 saturated carbocycles. The van der Waals surface area contributed by atoms with Gasteiger partial charge in [0.05, 0.1) is 0 Å². The smallest absolute Gasteiger partial charge is 0.335 e. The number of fused-ring (bicyclic) bond motifs is 1. The summed E-state index contributed by atoms with van der Waals surface area (Å²) in [6, 6.07) is 10.0. The molecule has 4 nitrogen and oxygen atoms in total.